The van der Waals surface area contributed by atoms with Gasteiger partial charge in [0, 0.05) is 46.1 Å². The first kappa shape index (κ1) is 32.4. The number of halogens is 4. The van der Waals surface area contributed by atoms with Crippen molar-refractivity contribution in [2.75, 3.05) is 13.2 Å². The van der Waals surface area contributed by atoms with Crippen LogP contribution in [0.5, 0.6) is 11.5 Å². The lowest BCUT2D eigenvalue weighted by Crippen LogP contribution is -2.51. The van der Waals surface area contributed by atoms with Crippen molar-refractivity contribution < 1.29 is 41.7 Å². The number of fused-ring (bicyclic) bond motifs is 1. The Morgan fingerprint density at radius 2 is 1.73 bits per heavy atom. The third-order valence-electron chi connectivity index (χ3n) is 9.12. The van der Waals surface area contributed by atoms with Crippen molar-refractivity contribution >= 4 is 11.8 Å². The molecule has 10 nitrogen and oxygen atoms in total. The SMILES string of the molecule is C[C@]1(C(N)=O)COc2c1cc(C(O)(CNC(=O)c1ccc(-c3cnc(C4CC4)nc3)c(OC3CC3)c1)C(F)(F)F)nc2-c1ccc(F)cc1. The highest BCUT2D eigenvalue weighted by molar-refractivity contribution is 5.95. The molecule has 7 rings (SSSR count). The lowest BCUT2D eigenvalue weighted by Gasteiger charge is -2.31. The van der Waals surface area contributed by atoms with Gasteiger partial charge in [0.2, 0.25) is 11.5 Å². The average molecular weight is 678 g/mol. The Bertz CT molecular complexity index is 1950. The zero-order chi connectivity index (χ0) is 34.7. The fourth-order valence-corrected chi connectivity index (χ4v) is 5.64. The van der Waals surface area contributed by atoms with E-state index in [1.807, 2.05) is 0 Å². The molecule has 2 aromatic heterocycles. The quantitative estimate of drug-likeness (QED) is 0.197. The van der Waals surface area contributed by atoms with Gasteiger partial charge in [-0.15, -0.1) is 0 Å². The number of rotatable bonds is 10. The Morgan fingerprint density at radius 3 is 2.35 bits per heavy atom. The number of carbonyl (C=O) groups excluding carboxylic acids is 2. The van der Waals surface area contributed by atoms with Crippen molar-refractivity contribution in [2.24, 2.45) is 5.73 Å². The predicted molar refractivity (Wildman–Crippen MR) is 167 cm³/mol. The molecule has 2 aromatic carbocycles. The lowest BCUT2D eigenvalue weighted by atomic mass is 9.81. The van der Waals surface area contributed by atoms with E-state index in [-0.39, 0.29) is 40.8 Å². The Kier molecular flexibility index (Phi) is 7.81. The Labute approximate surface area is 277 Å². The minimum Gasteiger partial charge on any atom is -0.490 e. The van der Waals surface area contributed by atoms with E-state index < -0.39 is 47.1 Å². The third-order valence-corrected chi connectivity index (χ3v) is 9.12. The second-order valence-electron chi connectivity index (χ2n) is 12.9. The Balaban J connectivity index is 1.21. The molecule has 3 heterocycles. The first-order valence-corrected chi connectivity index (χ1v) is 15.7. The number of nitrogens with two attached hydrogens (primary N) is 1. The average Bonchev–Trinajstić information content (AvgIpc) is 4.02. The number of primary amides is 1. The van der Waals surface area contributed by atoms with Crippen LogP contribution in [0.3, 0.4) is 0 Å². The Hall–Kier alpha value is -5.11. The van der Waals surface area contributed by atoms with E-state index in [9.17, 15) is 32.3 Å². The first-order chi connectivity index (χ1) is 23.3. The number of carbonyl (C=O) groups is 2. The molecule has 49 heavy (non-hydrogen) atoms. The summed E-state index contributed by atoms with van der Waals surface area (Å²) in [6.07, 6.45) is 1.66. The number of amides is 2. The van der Waals surface area contributed by atoms with E-state index in [2.05, 4.69) is 20.3 Å². The van der Waals surface area contributed by atoms with Crippen LogP contribution < -0.4 is 20.5 Å². The molecule has 14 heteroatoms. The van der Waals surface area contributed by atoms with Gasteiger partial charge in [-0.05, 0) is 81.1 Å². The second-order valence-corrected chi connectivity index (χ2v) is 12.9. The molecule has 2 amide bonds. The van der Waals surface area contributed by atoms with Crippen molar-refractivity contribution in [3.05, 3.63) is 89.4 Å². The van der Waals surface area contributed by atoms with Crippen LogP contribution in [0.4, 0.5) is 17.6 Å². The summed E-state index contributed by atoms with van der Waals surface area (Å²) in [5.74, 6) is -0.959. The maximum absolute atomic E-state index is 14.8. The van der Waals surface area contributed by atoms with Gasteiger partial charge in [0.25, 0.3) is 5.91 Å². The van der Waals surface area contributed by atoms with Crippen molar-refractivity contribution in [1.29, 1.82) is 0 Å². The van der Waals surface area contributed by atoms with Crippen LogP contribution in [-0.4, -0.2) is 57.3 Å². The number of nitrogens with zero attached hydrogens (tertiary/aromatic N) is 3. The van der Waals surface area contributed by atoms with Gasteiger partial charge in [0.15, 0.2) is 0 Å². The largest absolute Gasteiger partial charge is 0.490 e. The summed E-state index contributed by atoms with van der Waals surface area (Å²) < 4.78 is 70.0. The summed E-state index contributed by atoms with van der Waals surface area (Å²) in [6.45, 7) is -0.238. The molecular weight excluding hydrogens is 646 g/mol. The molecule has 0 bridgehead atoms. The van der Waals surface area contributed by atoms with Gasteiger partial charge in [-0.3, -0.25) is 9.59 Å². The van der Waals surface area contributed by atoms with Gasteiger partial charge < -0.3 is 25.6 Å². The minimum absolute atomic E-state index is 0.0111. The van der Waals surface area contributed by atoms with E-state index in [4.69, 9.17) is 15.2 Å². The molecule has 4 N–H and O–H groups in total. The van der Waals surface area contributed by atoms with Crippen molar-refractivity contribution in [2.45, 2.75) is 61.8 Å². The maximum Gasteiger partial charge on any atom is 0.424 e. The van der Waals surface area contributed by atoms with Crippen LogP contribution in [0.25, 0.3) is 22.4 Å². The van der Waals surface area contributed by atoms with E-state index in [0.717, 1.165) is 49.7 Å². The van der Waals surface area contributed by atoms with Gasteiger partial charge in [0.1, 0.15) is 40.9 Å². The third kappa shape index (κ3) is 6.05. The summed E-state index contributed by atoms with van der Waals surface area (Å²) in [5.41, 5.74) is 0.633. The molecule has 4 aromatic rings. The number of benzene rings is 2. The molecule has 2 aliphatic carbocycles. The normalized spacial score (nSPS) is 19.8. The molecule has 1 unspecified atom stereocenters. The maximum atomic E-state index is 14.8. The topological polar surface area (TPSA) is 150 Å². The summed E-state index contributed by atoms with van der Waals surface area (Å²) in [7, 11) is 0. The van der Waals surface area contributed by atoms with Gasteiger partial charge in [-0.25, -0.2) is 19.3 Å². The van der Waals surface area contributed by atoms with E-state index in [1.54, 1.807) is 18.5 Å². The zero-order valence-corrected chi connectivity index (χ0v) is 26.2. The van der Waals surface area contributed by atoms with E-state index in [1.165, 1.54) is 31.2 Å². The highest BCUT2D eigenvalue weighted by Crippen LogP contribution is 2.48. The van der Waals surface area contributed by atoms with Crippen molar-refractivity contribution in [1.82, 2.24) is 20.3 Å². The van der Waals surface area contributed by atoms with Gasteiger partial charge in [-0.2, -0.15) is 13.2 Å². The summed E-state index contributed by atoms with van der Waals surface area (Å²) in [5, 5.41) is 13.6. The van der Waals surface area contributed by atoms with Crippen LogP contribution in [0.1, 0.15) is 66.0 Å². The lowest BCUT2D eigenvalue weighted by molar-refractivity contribution is -0.265. The number of hydrogen-bond donors (Lipinski definition) is 3. The van der Waals surface area contributed by atoms with Crippen molar-refractivity contribution in [3.8, 4) is 33.9 Å². The first-order valence-electron chi connectivity index (χ1n) is 15.7. The van der Waals surface area contributed by atoms with Crippen LogP contribution in [-0.2, 0) is 15.8 Å². The summed E-state index contributed by atoms with van der Waals surface area (Å²) in [6, 6.07) is 10.1. The molecule has 2 atom stereocenters. The fraction of sp³-hybridized carbons (Fsp3) is 0.343. The van der Waals surface area contributed by atoms with Gasteiger partial charge >= 0.3 is 6.18 Å². The number of nitrogens with one attached hydrogen (secondary N) is 1. The van der Waals surface area contributed by atoms with Crippen LogP contribution in [0.15, 0.2) is 60.9 Å². The molecule has 0 radical (unpaired) electrons. The fourth-order valence-electron chi connectivity index (χ4n) is 5.64. The summed E-state index contributed by atoms with van der Waals surface area (Å²) in [4.78, 5) is 38.9. The Morgan fingerprint density at radius 1 is 1.04 bits per heavy atom. The van der Waals surface area contributed by atoms with Crippen molar-refractivity contribution in [3.63, 3.8) is 0 Å². The standard InChI is InChI=1S/C35H31F4N5O5/c1-33(32(40)46)17-48-29-25(33)13-27(44-28(29)18-4-7-22(36)8-5-18)34(47,35(37,38)39)16-43-31(45)20-6-11-24(26(12-20)49-23-9-10-23)21-14-41-30(42-15-21)19-2-3-19/h4-8,11-15,19,23,47H,2-3,9-10,16-17H2,1H3,(H2,40,46)(H,43,45)/t33-,34?/m0/s1. The number of ether oxygens (including phenoxy) is 2. The zero-order valence-electron chi connectivity index (χ0n) is 26.2. The molecule has 2 fully saturated rings. The molecule has 1 aliphatic heterocycles. The number of hydrogen-bond acceptors (Lipinski definition) is 8. The molecular formula is C35H31F4N5O5. The number of aliphatic hydroxyl groups is 1. The van der Waals surface area contributed by atoms with Gasteiger partial charge in [0.05, 0.1) is 18.3 Å². The highest BCUT2D eigenvalue weighted by Gasteiger charge is 2.57. The number of aromatic nitrogens is 3. The highest BCUT2D eigenvalue weighted by atomic mass is 19.4. The molecule has 3 aliphatic rings. The second kappa shape index (κ2) is 11.8. The molecule has 2 saturated carbocycles. The molecule has 254 valence electrons. The van der Waals surface area contributed by atoms with Crippen LogP contribution in [0.2, 0.25) is 0 Å². The van der Waals surface area contributed by atoms with Gasteiger partial charge in [-0.1, -0.05) is 0 Å². The number of pyridine rings is 1. The predicted octanol–water partition coefficient (Wildman–Crippen LogP) is 5.08. The van der Waals surface area contributed by atoms with E-state index in [0.29, 0.717) is 22.8 Å². The molecule has 0 saturated heterocycles. The number of alkyl halides is 3. The minimum atomic E-state index is -5.36. The smallest absolute Gasteiger partial charge is 0.424 e. The molecule has 0 spiro atoms. The van der Waals surface area contributed by atoms with E-state index >= 15 is 0 Å². The van der Waals surface area contributed by atoms with Crippen LogP contribution >= 0.6 is 0 Å². The summed E-state index contributed by atoms with van der Waals surface area (Å²) >= 11 is 0. The van der Waals surface area contributed by atoms with Crippen LogP contribution in [0, 0.1) is 5.82 Å². The monoisotopic (exact) mass is 677 g/mol.